The Kier molecular flexibility index (Phi) is 6.90. The van der Waals surface area contributed by atoms with Crippen molar-refractivity contribution in [3.05, 3.63) is 26.9 Å². The number of nitrogens with zero attached hydrogens (tertiary/aromatic N) is 2. The van der Waals surface area contributed by atoms with Gasteiger partial charge in [0, 0.05) is 6.54 Å². The van der Waals surface area contributed by atoms with E-state index in [1.807, 2.05) is 32.9 Å². The zero-order chi connectivity index (χ0) is 19.5. The number of halogens is 2. The lowest BCUT2D eigenvalue weighted by Crippen LogP contribution is -2.37. The van der Waals surface area contributed by atoms with Crippen LogP contribution in [0.25, 0.3) is 0 Å². The zero-order valence-corrected chi connectivity index (χ0v) is 18.4. The number of hydrogen-bond acceptors (Lipinski definition) is 5. The molecule has 2 atom stereocenters. The third-order valence-electron chi connectivity index (χ3n) is 3.61. The number of carbonyl (C=O) groups excluding carboxylic acids is 2. The fourth-order valence-electron chi connectivity index (χ4n) is 2.60. The fourth-order valence-corrected chi connectivity index (χ4v) is 3.99. The van der Waals surface area contributed by atoms with Gasteiger partial charge in [-0.25, -0.2) is 9.59 Å². The summed E-state index contributed by atoms with van der Waals surface area (Å²) in [6.07, 6.45) is 4.29. The van der Waals surface area contributed by atoms with E-state index < -0.39 is 17.7 Å². The maximum Gasteiger partial charge on any atom is 0.408 e. The Morgan fingerprint density at radius 1 is 1.35 bits per heavy atom. The summed E-state index contributed by atoms with van der Waals surface area (Å²) in [5.41, 5.74) is -0.154. The molecule has 0 radical (unpaired) electrons. The van der Waals surface area contributed by atoms with Crippen molar-refractivity contribution in [1.82, 2.24) is 15.1 Å². The Hall–Kier alpha value is -1.35. The lowest BCUT2D eigenvalue weighted by Gasteiger charge is -2.21. The molecule has 1 aliphatic rings. The van der Waals surface area contributed by atoms with Crippen molar-refractivity contribution in [2.75, 3.05) is 6.61 Å². The van der Waals surface area contributed by atoms with Crippen molar-refractivity contribution in [2.24, 2.45) is 5.92 Å². The number of aromatic nitrogens is 2. The van der Waals surface area contributed by atoms with Crippen LogP contribution in [0.1, 0.15) is 44.5 Å². The second kappa shape index (κ2) is 8.56. The number of amides is 1. The highest BCUT2D eigenvalue weighted by atomic mass is 79.9. The van der Waals surface area contributed by atoms with Crippen molar-refractivity contribution in [2.45, 2.75) is 52.3 Å². The molecule has 0 unspecified atom stereocenters. The third-order valence-corrected chi connectivity index (χ3v) is 4.97. The van der Waals surface area contributed by atoms with Gasteiger partial charge in [-0.2, -0.15) is 5.10 Å². The number of allylic oxidation sites excluding steroid dienone is 1. The summed E-state index contributed by atoms with van der Waals surface area (Å²) in [6, 6.07) is -0.0860. The molecule has 0 aromatic carbocycles. The van der Waals surface area contributed by atoms with Crippen LogP contribution in [-0.2, 0) is 16.0 Å². The zero-order valence-electron chi connectivity index (χ0n) is 15.2. The van der Waals surface area contributed by atoms with Gasteiger partial charge in [0.05, 0.1) is 12.6 Å². The van der Waals surface area contributed by atoms with Crippen molar-refractivity contribution >= 4 is 43.9 Å². The summed E-state index contributed by atoms with van der Waals surface area (Å²) in [6.45, 7) is 8.11. The van der Waals surface area contributed by atoms with Crippen LogP contribution < -0.4 is 5.32 Å². The molecule has 2 rings (SSSR count). The summed E-state index contributed by atoms with van der Waals surface area (Å²) >= 11 is 6.73. The topological polar surface area (TPSA) is 82.5 Å². The van der Waals surface area contributed by atoms with Gasteiger partial charge < -0.3 is 14.8 Å². The maximum atomic E-state index is 12.0. The first-order chi connectivity index (χ1) is 12.1. The first kappa shape index (κ1) is 21.0. The van der Waals surface area contributed by atoms with Gasteiger partial charge in [0.15, 0.2) is 0 Å². The lowest BCUT2D eigenvalue weighted by atomic mass is 10.1. The number of hydrogen-bond donors (Lipinski definition) is 1. The Balaban J connectivity index is 1.95. The molecule has 0 saturated heterocycles. The number of esters is 1. The van der Waals surface area contributed by atoms with E-state index in [0.717, 1.165) is 6.42 Å². The molecule has 1 N–H and O–H groups in total. The van der Waals surface area contributed by atoms with Crippen LogP contribution in [0.15, 0.2) is 21.4 Å². The number of ether oxygens (including phenoxy) is 2. The normalized spacial score (nSPS) is 19.5. The molecule has 1 heterocycles. The minimum atomic E-state index is -0.526. The van der Waals surface area contributed by atoms with E-state index in [9.17, 15) is 9.59 Å². The van der Waals surface area contributed by atoms with Crippen molar-refractivity contribution in [3.63, 3.8) is 0 Å². The molecule has 0 spiro atoms. The summed E-state index contributed by atoms with van der Waals surface area (Å²) in [5, 5.41) is 7.20. The van der Waals surface area contributed by atoms with Crippen LogP contribution in [0.2, 0.25) is 0 Å². The van der Waals surface area contributed by atoms with Gasteiger partial charge in [-0.15, -0.1) is 0 Å². The van der Waals surface area contributed by atoms with Gasteiger partial charge in [-0.3, -0.25) is 4.68 Å². The Morgan fingerprint density at radius 2 is 2.04 bits per heavy atom. The van der Waals surface area contributed by atoms with Gasteiger partial charge in [0.1, 0.15) is 20.4 Å². The average Bonchev–Trinajstić information content (AvgIpc) is 3.02. The average molecular weight is 493 g/mol. The molecule has 0 bridgehead atoms. The van der Waals surface area contributed by atoms with E-state index in [0.29, 0.717) is 27.9 Å². The molecule has 0 fully saturated rings. The summed E-state index contributed by atoms with van der Waals surface area (Å²) < 4.78 is 13.0. The van der Waals surface area contributed by atoms with Gasteiger partial charge in [-0.05, 0) is 71.9 Å². The highest BCUT2D eigenvalue weighted by Crippen LogP contribution is 2.28. The van der Waals surface area contributed by atoms with E-state index >= 15 is 0 Å². The molecular formula is C17H23Br2N3O4. The van der Waals surface area contributed by atoms with E-state index in [4.69, 9.17) is 9.47 Å². The van der Waals surface area contributed by atoms with E-state index in [1.165, 1.54) is 0 Å². The third kappa shape index (κ3) is 5.57. The largest absolute Gasteiger partial charge is 0.462 e. The molecule has 7 nitrogen and oxygen atoms in total. The maximum absolute atomic E-state index is 12.0. The molecule has 1 aromatic rings. The molecule has 1 aliphatic carbocycles. The number of alkyl carbamates (subject to hydrolysis) is 1. The minimum absolute atomic E-state index is 0.0860. The predicted octanol–water partition coefficient (Wildman–Crippen LogP) is 4.05. The van der Waals surface area contributed by atoms with Crippen molar-refractivity contribution < 1.29 is 19.1 Å². The summed E-state index contributed by atoms with van der Waals surface area (Å²) in [7, 11) is 0. The SMILES string of the molecule is CCOC(=O)c1c(Br)nn(C[C@H]2C=C[C@@H](NC(=O)OC(C)(C)C)C2)c1Br. The Labute approximate surface area is 169 Å². The molecular weight excluding hydrogens is 470 g/mol. The highest BCUT2D eigenvalue weighted by Gasteiger charge is 2.27. The molecule has 26 heavy (non-hydrogen) atoms. The molecule has 0 aliphatic heterocycles. The Morgan fingerprint density at radius 3 is 2.65 bits per heavy atom. The molecule has 9 heteroatoms. The fraction of sp³-hybridized carbons (Fsp3) is 0.588. The summed E-state index contributed by atoms with van der Waals surface area (Å²) in [4.78, 5) is 23.9. The van der Waals surface area contributed by atoms with Crippen LogP contribution in [0.3, 0.4) is 0 Å². The van der Waals surface area contributed by atoms with Crippen LogP contribution in [0.4, 0.5) is 4.79 Å². The van der Waals surface area contributed by atoms with Gasteiger partial charge in [0.25, 0.3) is 0 Å². The highest BCUT2D eigenvalue weighted by molar-refractivity contribution is 9.11. The molecule has 1 amide bonds. The Bertz CT molecular complexity index is 710. The van der Waals surface area contributed by atoms with Gasteiger partial charge in [0.2, 0.25) is 0 Å². The predicted molar refractivity (Wildman–Crippen MR) is 104 cm³/mol. The first-order valence-corrected chi connectivity index (χ1v) is 9.96. The number of carbonyl (C=O) groups is 2. The standard InChI is InChI=1S/C17H23Br2N3O4/c1-5-25-15(23)12-13(18)21-22(14(12)19)9-10-6-7-11(8-10)20-16(24)26-17(2,3)4/h6-7,10-11H,5,8-9H2,1-4H3,(H,20,24)/t10-,11+/m0/s1. The van der Waals surface area contributed by atoms with Gasteiger partial charge in [-0.1, -0.05) is 12.2 Å². The monoisotopic (exact) mass is 491 g/mol. The van der Waals surface area contributed by atoms with E-state index in [2.05, 4.69) is 42.3 Å². The van der Waals surface area contributed by atoms with Crippen LogP contribution >= 0.6 is 31.9 Å². The molecule has 0 saturated carbocycles. The van der Waals surface area contributed by atoms with E-state index in [-0.39, 0.29) is 12.0 Å². The summed E-state index contributed by atoms with van der Waals surface area (Å²) in [5.74, 6) is -0.253. The first-order valence-electron chi connectivity index (χ1n) is 8.37. The quantitative estimate of drug-likeness (QED) is 0.495. The van der Waals surface area contributed by atoms with Crippen LogP contribution in [0.5, 0.6) is 0 Å². The van der Waals surface area contributed by atoms with Gasteiger partial charge >= 0.3 is 12.1 Å². The number of rotatable bonds is 5. The number of nitrogens with one attached hydrogen (secondary N) is 1. The molecule has 1 aromatic heterocycles. The second-order valence-corrected chi connectivity index (χ2v) is 8.49. The smallest absolute Gasteiger partial charge is 0.408 e. The van der Waals surface area contributed by atoms with Crippen molar-refractivity contribution in [1.29, 1.82) is 0 Å². The molecule has 144 valence electrons. The lowest BCUT2D eigenvalue weighted by molar-refractivity contribution is 0.0505. The second-order valence-electron chi connectivity index (χ2n) is 6.99. The van der Waals surface area contributed by atoms with Crippen molar-refractivity contribution in [3.8, 4) is 0 Å². The van der Waals surface area contributed by atoms with Crippen LogP contribution in [0, 0.1) is 5.92 Å². The van der Waals surface area contributed by atoms with Crippen LogP contribution in [-0.4, -0.2) is 40.1 Å². The van der Waals surface area contributed by atoms with E-state index in [1.54, 1.807) is 11.6 Å². The minimum Gasteiger partial charge on any atom is -0.462 e.